The SMILES string of the molecule is Cc1c([C@@H](C)NC(=O)c2ccc(=O)n(C)n2)cnn1-c1ccc(F)cc1. The molecule has 3 rings (SSSR count). The van der Waals surface area contributed by atoms with Crippen LogP contribution in [0.25, 0.3) is 5.69 Å². The Morgan fingerprint density at radius 2 is 1.88 bits per heavy atom. The van der Waals surface area contributed by atoms with Crippen LogP contribution in [0.1, 0.15) is 34.7 Å². The second kappa shape index (κ2) is 6.91. The zero-order valence-corrected chi connectivity index (χ0v) is 14.6. The Labute approximate surface area is 149 Å². The first-order valence-corrected chi connectivity index (χ1v) is 8.02. The summed E-state index contributed by atoms with van der Waals surface area (Å²) in [6, 6.07) is 8.37. The number of benzene rings is 1. The van der Waals surface area contributed by atoms with Crippen LogP contribution in [0.2, 0.25) is 0 Å². The Kier molecular flexibility index (Phi) is 4.66. The van der Waals surface area contributed by atoms with E-state index in [0.29, 0.717) is 0 Å². The molecule has 0 aliphatic rings. The average molecular weight is 355 g/mol. The summed E-state index contributed by atoms with van der Waals surface area (Å²) in [5, 5.41) is 11.1. The summed E-state index contributed by atoms with van der Waals surface area (Å²) in [6.07, 6.45) is 1.66. The molecule has 0 saturated heterocycles. The van der Waals surface area contributed by atoms with E-state index in [-0.39, 0.29) is 29.0 Å². The fourth-order valence-electron chi connectivity index (χ4n) is 2.66. The van der Waals surface area contributed by atoms with Crippen LogP contribution in [0.3, 0.4) is 0 Å². The van der Waals surface area contributed by atoms with Crippen molar-refractivity contribution in [3.05, 3.63) is 75.7 Å². The van der Waals surface area contributed by atoms with Gasteiger partial charge in [0, 0.05) is 24.4 Å². The summed E-state index contributed by atoms with van der Waals surface area (Å²) < 4.78 is 15.9. The summed E-state index contributed by atoms with van der Waals surface area (Å²) in [7, 11) is 1.49. The second-order valence-corrected chi connectivity index (χ2v) is 5.95. The first-order chi connectivity index (χ1) is 12.4. The van der Waals surface area contributed by atoms with Gasteiger partial charge in [0.25, 0.3) is 11.5 Å². The third kappa shape index (κ3) is 3.39. The third-order valence-corrected chi connectivity index (χ3v) is 4.13. The second-order valence-electron chi connectivity index (χ2n) is 5.95. The van der Waals surface area contributed by atoms with Crippen molar-refractivity contribution >= 4 is 5.91 Å². The van der Waals surface area contributed by atoms with E-state index >= 15 is 0 Å². The summed E-state index contributed by atoms with van der Waals surface area (Å²) in [5.74, 6) is -0.703. The number of rotatable bonds is 4. The highest BCUT2D eigenvalue weighted by Gasteiger charge is 2.18. The van der Waals surface area contributed by atoms with E-state index < -0.39 is 0 Å². The minimum Gasteiger partial charge on any atom is -0.344 e. The molecule has 1 atom stereocenters. The fraction of sp³-hybridized carbons (Fsp3) is 0.222. The molecule has 1 aromatic carbocycles. The minimum absolute atomic E-state index is 0.155. The standard InChI is InChI=1S/C18H18FN5O2/c1-11(21-18(26)16-8-9-17(25)23(3)22-16)15-10-20-24(12(15)2)14-6-4-13(19)5-7-14/h4-11H,1-3H3,(H,21,26)/t11-/m1/s1. The van der Waals surface area contributed by atoms with Crippen LogP contribution >= 0.6 is 0 Å². The van der Waals surface area contributed by atoms with Crippen molar-refractivity contribution in [3.8, 4) is 5.69 Å². The van der Waals surface area contributed by atoms with E-state index in [4.69, 9.17) is 0 Å². The predicted molar refractivity (Wildman–Crippen MR) is 93.6 cm³/mol. The highest BCUT2D eigenvalue weighted by atomic mass is 19.1. The number of carbonyl (C=O) groups excluding carboxylic acids is 1. The number of hydrogen-bond acceptors (Lipinski definition) is 4. The Balaban J connectivity index is 1.81. The van der Waals surface area contributed by atoms with Crippen molar-refractivity contribution in [2.45, 2.75) is 19.9 Å². The number of halogens is 1. The van der Waals surface area contributed by atoms with E-state index in [1.165, 1.54) is 31.3 Å². The van der Waals surface area contributed by atoms with Gasteiger partial charge >= 0.3 is 0 Å². The molecule has 1 amide bonds. The molecule has 2 heterocycles. The Bertz CT molecular complexity index is 1010. The highest BCUT2D eigenvalue weighted by Crippen LogP contribution is 2.20. The fourth-order valence-corrected chi connectivity index (χ4v) is 2.66. The molecule has 0 radical (unpaired) electrons. The van der Waals surface area contributed by atoms with Gasteiger partial charge in [-0.1, -0.05) is 0 Å². The van der Waals surface area contributed by atoms with Gasteiger partial charge in [0.1, 0.15) is 11.5 Å². The van der Waals surface area contributed by atoms with Crippen LogP contribution in [0.15, 0.2) is 47.4 Å². The molecule has 0 fully saturated rings. The van der Waals surface area contributed by atoms with Gasteiger partial charge in [-0.3, -0.25) is 9.59 Å². The van der Waals surface area contributed by atoms with Crippen molar-refractivity contribution in [1.82, 2.24) is 24.9 Å². The molecule has 7 nitrogen and oxygen atoms in total. The lowest BCUT2D eigenvalue weighted by Crippen LogP contribution is -2.30. The van der Waals surface area contributed by atoms with Gasteiger partial charge in [-0.05, 0) is 44.2 Å². The molecular weight excluding hydrogens is 337 g/mol. The number of hydrogen-bond donors (Lipinski definition) is 1. The lowest BCUT2D eigenvalue weighted by molar-refractivity contribution is 0.0932. The first kappa shape index (κ1) is 17.5. The van der Waals surface area contributed by atoms with Crippen LogP contribution in [0.4, 0.5) is 4.39 Å². The molecule has 0 unspecified atom stereocenters. The van der Waals surface area contributed by atoms with Gasteiger partial charge in [-0.2, -0.15) is 10.2 Å². The largest absolute Gasteiger partial charge is 0.344 e. The molecule has 8 heteroatoms. The number of nitrogens with zero attached hydrogens (tertiary/aromatic N) is 4. The van der Waals surface area contributed by atoms with Crippen molar-refractivity contribution in [2.24, 2.45) is 7.05 Å². The van der Waals surface area contributed by atoms with Gasteiger partial charge in [-0.25, -0.2) is 13.8 Å². The maximum Gasteiger partial charge on any atom is 0.272 e. The van der Waals surface area contributed by atoms with E-state index in [9.17, 15) is 14.0 Å². The maximum absolute atomic E-state index is 13.1. The molecule has 134 valence electrons. The van der Waals surface area contributed by atoms with Gasteiger partial charge in [0.2, 0.25) is 0 Å². The van der Waals surface area contributed by atoms with Gasteiger partial charge in [0.05, 0.1) is 17.9 Å². The lowest BCUT2D eigenvalue weighted by atomic mass is 10.1. The van der Waals surface area contributed by atoms with Gasteiger partial charge in [-0.15, -0.1) is 0 Å². The molecule has 0 spiro atoms. The molecule has 0 bridgehead atoms. The molecule has 1 N–H and O–H groups in total. The van der Waals surface area contributed by atoms with Crippen LogP contribution in [0, 0.1) is 12.7 Å². The molecule has 0 saturated carbocycles. The molecular formula is C18H18FN5O2. The molecule has 0 aliphatic carbocycles. The number of amides is 1. The smallest absolute Gasteiger partial charge is 0.272 e. The lowest BCUT2D eigenvalue weighted by Gasteiger charge is -2.14. The first-order valence-electron chi connectivity index (χ1n) is 8.02. The van der Waals surface area contributed by atoms with Crippen molar-refractivity contribution < 1.29 is 9.18 Å². The van der Waals surface area contributed by atoms with Crippen LogP contribution in [-0.4, -0.2) is 25.5 Å². The highest BCUT2D eigenvalue weighted by molar-refractivity contribution is 5.92. The number of aromatic nitrogens is 4. The maximum atomic E-state index is 13.1. The van der Waals surface area contributed by atoms with Crippen molar-refractivity contribution in [3.63, 3.8) is 0 Å². The minimum atomic E-state index is -0.387. The van der Waals surface area contributed by atoms with E-state index in [0.717, 1.165) is 21.6 Å². The normalized spacial score (nSPS) is 12.0. The average Bonchev–Trinajstić information content (AvgIpc) is 2.99. The van der Waals surface area contributed by atoms with Crippen molar-refractivity contribution in [2.75, 3.05) is 0 Å². The van der Waals surface area contributed by atoms with Crippen LogP contribution in [0.5, 0.6) is 0 Å². The predicted octanol–water partition coefficient (Wildman–Crippen LogP) is 1.90. The van der Waals surface area contributed by atoms with Crippen molar-refractivity contribution in [1.29, 1.82) is 0 Å². The summed E-state index contributed by atoms with van der Waals surface area (Å²) in [4.78, 5) is 23.7. The topological polar surface area (TPSA) is 81.8 Å². The van der Waals surface area contributed by atoms with E-state index in [2.05, 4.69) is 15.5 Å². The summed E-state index contributed by atoms with van der Waals surface area (Å²) >= 11 is 0. The summed E-state index contributed by atoms with van der Waals surface area (Å²) in [6.45, 7) is 3.71. The number of aryl methyl sites for hydroxylation is 1. The Morgan fingerprint density at radius 1 is 1.19 bits per heavy atom. The van der Waals surface area contributed by atoms with E-state index in [1.54, 1.807) is 23.0 Å². The zero-order valence-electron chi connectivity index (χ0n) is 14.6. The van der Waals surface area contributed by atoms with E-state index in [1.807, 2.05) is 13.8 Å². The number of carbonyl (C=O) groups is 1. The van der Waals surface area contributed by atoms with Gasteiger partial charge < -0.3 is 5.32 Å². The Morgan fingerprint density at radius 3 is 2.54 bits per heavy atom. The summed E-state index contributed by atoms with van der Waals surface area (Å²) in [5.41, 5.74) is 2.26. The Hall–Kier alpha value is -3.29. The molecule has 0 aliphatic heterocycles. The monoisotopic (exact) mass is 355 g/mol. The quantitative estimate of drug-likeness (QED) is 0.775. The van der Waals surface area contributed by atoms with Gasteiger partial charge in [0.15, 0.2) is 0 Å². The third-order valence-electron chi connectivity index (χ3n) is 4.13. The van der Waals surface area contributed by atoms with Crippen LogP contribution in [-0.2, 0) is 7.05 Å². The molecule has 3 aromatic rings. The number of nitrogens with one attached hydrogen (secondary N) is 1. The van der Waals surface area contributed by atoms with Crippen LogP contribution < -0.4 is 10.9 Å². The molecule has 2 aromatic heterocycles. The molecule has 26 heavy (non-hydrogen) atoms. The zero-order chi connectivity index (χ0) is 18.8.